The number of methoxy groups -OCH3 is 1. The summed E-state index contributed by atoms with van der Waals surface area (Å²) >= 11 is 0. The first-order valence-electron chi connectivity index (χ1n) is 5.44. The third kappa shape index (κ3) is 4.56. The summed E-state index contributed by atoms with van der Waals surface area (Å²) in [5, 5.41) is 0. The van der Waals surface area contributed by atoms with E-state index < -0.39 is 5.91 Å². The van der Waals surface area contributed by atoms with Crippen molar-refractivity contribution in [3.05, 3.63) is 23.7 Å². The van der Waals surface area contributed by atoms with Gasteiger partial charge in [0.2, 0.25) is 0 Å². The number of nitrogen functional groups attached to an aromatic ring is 1. The molecule has 0 spiro atoms. The Morgan fingerprint density at radius 3 is 3.00 bits per heavy atom. The summed E-state index contributed by atoms with van der Waals surface area (Å²) in [6.45, 7) is 2.30. The summed E-state index contributed by atoms with van der Waals surface area (Å²) < 4.78 is 10.3. The summed E-state index contributed by atoms with van der Waals surface area (Å²) in [6, 6.07) is 3.39. The highest BCUT2D eigenvalue weighted by Crippen LogP contribution is 2.09. The number of nitrogens with zero attached hydrogens (tertiary/aromatic N) is 1. The lowest BCUT2D eigenvalue weighted by molar-refractivity contribution is 0.0922. The minimum atomic E-state index is -0.418. The molecular formula is C11H19N3O3. The van der Waals surface area contributed by atoms with Crippen LogP contribution in [0.15, 0.2) is 16.5 Å². The van der Waals surface area contributed by atoms with E-state index in [4.69, 9.17) is 15.0 Å². The van der Waals surface area contributed by atoms with E-state index in [1.807, 2.05) is 12.5 Å². The SMILES string of the molecule is COCCCN(C)Cc1ccc(C(=O)NN)o1. The summed E-state index contributed by atoms with van der Waals surface area (Å²) in [5.41, 5.74) is 2.03. The molecule has 0 unspecified atom stereocenters. The molecule has 0 aliphatic carbocycles. The molecule has 0 aliphatic heterocycles. The smallest absolute Gasteiger partial charge is 0.300 e. The molecule has 3 N–H and O–H groups in total. The average Bonchev–Trinajstić information content (AvgIpc) is 2.77. The largest absolute Gasteiger partial charge is 0.455 e. The van der Waals surface area contributed by atoms with Crippen LogP contribution in [0.3, 0.4) is 0 Å². The molecule has 0 saturated carbocycles. The number of rotatable bonds is 7. The zero-order valence-electron chi connectivity index (χ0n) is 10.2. The van der Waals surface area contributed by atoms with Crippen molar-refractivity contribution in [3.8, 4) is 0 Å². The molecular weight excluding hydrogens is 222 g/mol. The van der Waals surface area contributed by atoms with Gasteiger partial charge in [-0.05, 0) is 25.6 Å². The van der Waals surface area contributed by atoms with Crippen LogP contribution in [0.1, 0.15) is 22.7 Å². The molecule has 1 aromatic rings. The van der Waals surface area contributed by atoms with Crippen molar-refractivity contribution < 1.29 is 13.9 Å². The van der Waals surface area contributed by atoms with Crippen LogP contribution < -0.4 is 11.3 Å². The summed E-state index contributed by atoms with van der Waals surface area (Å²) in [6.07, 6.45) is 0.962. The Labute approximate surface area is 101 Å². The van der Waals surface area contributed by atoms with Gasteiger partial charge in [-0.2, -0.15) is 0 Å². The van der Waals surface area contributed by atoms with Crippen molar-refractivity contribution in [1.29, 1.82) is 0 Å². The maximum Gasteiger partial charge on any atom is 0.300 e. The first-order chi connectivity index (χ1) is 8.17. The molecule has 1 amide bonds. The predicted octanol–water partition coefficient (Wildman–Crippen LogP) is 0.351. The zero-order chi connectivity index (χ0) is 12.7. The van der Waals surface area contributed by atoms with Crippen molar-refractivity contribution in [2.24, 2.45) is 5.84 Å². The normalized spacial score (nSPS) is 10.8. The molecule has 0 aliphatic rings. The standard InChI is InChI=1S/C11H19N3O3/c1-14(6-3-7-16-2)8-9-4-5-10(17-9)11(15)13-12/h4-5H,3,6-8,12H2,1-2H3,(H,13,15). The van der Waals surface area contributed by atoms with Gasteiger partial charge >= 0.3 is 5.91 Å². The topological polar surface area (TPSA) is 80.7 Å². The van der Waals surface area contributed by atoms with Crippen LogP contribution in [0.5, 0.6) is 0 Å². The van der Waals surface area contributed by atoms with E-state index in [-0.39, 0.29) is 5.76 Å². The maximum atomic E-state index is 11.2. The van der Waals surface area contributed by atoms with Gasteiger partial charge in [0.1, 0.15) is 5.76 Å². The fourth-order valence-electron chi connectivity index (χ4n) is 1.48. The monoisotopic (exact) mass is 241 g/mol. The van der Waals surface area contributed by atoms with Crippen molar-refractivity contribution in [1.82, 2.24) is 10.3 Å². The Morgan fingerprint density at radius 2 is 2.35 bits per heavy atom. The molecule has 6 heteroatoms. The van der Waals surface area contributed by atoms with E-state index in [9.17, 15) is 4.79 Å². The molecule has 1 aromatic heterocycles. The van der Waals surface area contributed by atoms with Gasteiger partial charge in [-0.1, -0.05) is 0 Å². The summed E-state index contributed by atoms with van der Waals surface area (Å²) in [5.74, 6) is 5.56. The van der Waals surface area contributed by atoms with Crippen LogP contribution >= 0.6 is 0 Å². The van der Waals surface area contributed by atoms with Gasteiger partial charge in [0, 0.05) is 20.3 Å². The van der Waals surface area contributed by atoms with Gasteiger partial charge in [0.25, 0.3) is 0 Å². The number of nitrogens with two attached hydrogens (primary N) is 1. The minimum Gasteiger partial charge on any atom is -0.455 e. The molecule has 1 rings (SSSR count). The van der Waals surface area contributed by atoms with E-state index in [2.05, 4.69) is 4.90 Å². The van der Waals surface area contributed by atoms with E-state index in [1.165, 1.54) is 0 Å². The number of carbonyl (C=O) groups excluding carboxylic acids is 1. The average molecular weight is 241 g/mol. The number of hydrogen-bond donors (Lipinski definition) is 2. The van der Waals surface area contributed by atoms with Crippen molar-refractivity contribution in [3.63, 3.8) is 0 Å². The van der Waals surface area contributed by atoms with Crippen molar-refractivity contribution >= 4 is 5.91 Å². The number of furan rings is 1. The zero-order valence-corrected chi connectivity index (χ0v) is 10.2. The van der Waals surface area contributed by atoms with Gasteiger partial charge < -0.3 is 9.15 Å². The number of hydrazine groups is 1. The molecule has 0 fully saturated rings. The Hall–Kier alpha value is -1.37. The van der Waals surface area contributed by atoms with Crippen LogP contribution in [0.25, 0.3) is 0 Å². The summed E-state index contributed by atoms with van der Waals surface area (Å²) in [7, 11) is 3.67. The Balaban J connectivity index is 2.40. The van der Waals surface area contributed by atoms with Crippen LogP contribution in [-0.2, 0) is 11.3 Å². The van der Waals surface area contributed by atoms with Gasteiger partial charge in [-0.15, -0.1) is 0 Å². The van der Waals surface area contributed by atoms with Gasteiger partial charge in [-0.3, -0.25) is 15.1 Å². The number of hydrogen-bond acceptors (Lipinski definition) is 5. The lowest BCUT2D eigenvalue weighted by Gasteiger charge is -2.14. The number of amides is 1. The van der Waals surface area contributed by atoms with Crippen LogP contribution in [0.4, 0.5) is 0 Å². The third-order valence-electron chi connectivity index (χ3n) is 2.33. The molecule has 1 heterocycles. The fourth-order valence-corrected chi connectivity index (χ4v) is 1.48. The Kier molecular flexibility index (Phi) is 5.68. The molecule has 6 nitrogen and oxygen atoms in total. The van der Waals surface area contributed by atoms with E-state index in [0.29, 0.717) is 6.54 Å². The van der Waals surface area contributed by atoms with Gasteiger partial charge in [-0.25, -0.2) is 5.84 Å². The lowest BCUT2D eigenvalue weighted by Crippen LogP contribution is -2.29. The van der Waals surface area contributed by atoms with E-state index in [0.717, 1.165) is 25.3 Å². The minimum absolute atomic E-state index is 0.229. The quantitative estimate of drug-likeness (QED) is 0.311. The second kappa shape index (κ2) is 7.05. The molecule has 0 atom stereocenters. The highest BCUT2D eigenvalue weighted by atomic mass is 16.5. The molecule has 17 heavy (non-hydrogen) atoms. The fraction of sp³-hybridized carbons (Fsp3) is 0.545. The molecule has 0 aromatic carbocycles. The first-order valence-corrected chi connectivity index (χ1v) is 5.44. The highest BCUT2D eigenvalue weighted by molar-refractivity contribution is 5.90. The first kappa shape index (κ1) is 13.7. The molecule has 96 valence electrons. The molecule has 0 saturated heterocycles. The molecule has 0 bridgehead atoms. The Bertz CT molecular complexity index is 351. The third-order valence-corrected chi connectivity index (χ3v) is 2.33. The number of carbonyl (C=O) groups is 1. The van der Waals surface area contributed by atoms with Crippen LogP contribution in [0.2, 0.25) is 0 Å². The molecule has 0 radical (unpaired) electrons. The van der Waals surface area contributed by atoms with E-state index >= 15 is 0 Å². The lowest BCUT2D eigenvalue weighted by atomic mass is 10.3. The van der Waals surface area contributed by atoms with Crippen LogP contribution in [0, 0.1) is 0 Å². The van der Waals surface area contributed by atoms with Crippen molar-refractivity contribution in [2.45, 2.75) is 13.0 Å². The highest BCUT2D eigenvalue weighted by Gasteiger charge is 2.10. The second-order valence-electron chi connectivity index (χ2n) is 3.82. The predicted molar refractivity (Wildman–Crippen MR) is 63.2 cm³/mol. The maximum absolute atomic E-state index is 11.2. The number of nitrogens with one attached hydrogen (secondary N) is 1. The van der Waals surface area contributed by atoms with Crippen LogP contribution in [-0.4, -0.2) is 38.1 Å². The number of ether oxygens (including phenoxy) is 1. The Morgan fingerprint density at radius 1 is 1.59 bits per heavy atom. The van der Waals surface area contributed by atoms with Gasteiger partial charge in [0.15, 0.2) is 5.76 Å². The van der Waals surface area contributed by atoms with Gasteiger partial charge in [0.05, 0.1) is 6.54 Å². The second-order valence-corrected chi connectivity index (χ2v) is 3.82. The van der Waals surface area contributed by atoms with Crippen molar-refractivity contribution in [2.75, 3.05) is 27.3 Å². The summed E-state index contributed by atoms with van der Waals surface area (Å²) in [4.78, 5) is 13.3. The van der Waals surface area contributed by atoms with E-state index in [1.54, 1.807) is 19.2 Å².